The van der Waals surface area contributed by atoms with Crippen LogP contribution in [-0.4, -0.2) is 34.7 Å². The summed E-state index contributed by atoms with van der Waals surface area (Å²) in [7, 11) is 1.36. The molecule has 0 unspecified atom stereocenters. The van der Waals surface area contributed by atoms with E-state index in [4.69, 9.17) is 9.47 Å². The van der Waals surface area contributed by atoms with Gasteiger partial charge in [-0.05, 0) is 17.7 Å². The minimum absolute atomic E-state index is 0.0760. The van der Waals surface area contributed by atoms with Crippen LogP contribution in [0.4, 0.5) is 4.39 Å². The van der Waals surface area contributed by atoms with Crippen LogP contribution in [0.3, 0.4) is 0 Å². The van der Waals surface area contributed by atoms with E-state index in [-0.39, 0.29) is 42.6 Å². The van der Waals surface area contributed by atoms with Gasteiger partial charge in [0.05, 0.1) is 19.8 Å². The maximum atomic E-state index is 12.8. The number of nitrogens with zero attached hydrogens (tertiary/aromatic N) is 1. The van der Waals surface area contributed by atoms with E-state index >= 15 is 0 Å². The molecule has 1 heterocycles. The quantitative estimate of drug-likeness (QED) is 0.717. The second-order valence-corrected chi connectivity index (χ2v) is 5.09. The van der Waals surface area contributed by atoms with E-state index in [9.17, 15) is 19.4 Å². The van der Waals surface area contributed by atoms with Crippen LogP contribution in [0.1, 0.15) is 27.2 Å². The molecule has 0 aliphatic heterocycles. The molecule has 0 fully saturated rings. The number of halogens is 1. The summed E-state index contributed by atoms with van der Waals surface area (Å²) in [6.07, 6.45) is 1.37. The third-order valence-corrected chi connectivity index (χ3v) is 3.38. The van der Waals surface area contributed by atoms with Crippen molar-refractivity contribution in [1.82, 2.24) is 4.98 Å². The van der Waals surface area contributed by atoms with Gasteiger partial charge in [0.1, 0.15) is 12.4 Å². The van der Waals surface area contributed by atoms with Gasteiger partial charge in [0.15, 0.2) is 11.4 Å². The van der Waals surface area contributed by atoms with Gasteiger partial charge in [-0.1, -0.05) is 12.1 Å². The maximum absolute atomic E-state index is 12.8. The number of aromatic hydroxyl groups is 1. The van der Waals surface area contributed by atoms with Gasteiger partial charge >= 0.3 is 0 Å². The first kappa shape index (κ1) is 18.0. The number of hydrogen-bond acceptors (Lipinski definition) is 6. The Morgan fingerprint density at radius 1 is 1.25 bits per heavy atom. The van der Waals surface area contributed by atoms with Crippen LogP contribution in [0.5, 0.6) is 5.75 Å². The van der Waals surface area contributed by atoms with Gasteiger partial charge < -0.3 is 19.7 Å². The number of ether oxygens (including phenoxy) is 2. The number of methoxy groups -OCH3 is 1. The minimum atomic E-state index is -0.483. The molecule has 0 saturated carbocycles. The Balaban J connectivity index is 2.08. The fraction of sp³-hybridized carbons (Fsp3) is 0.294. The van der Waals surface area contributed by atoms with Gasteiger partial charge in [-0.2, -0.15) is 0 Å². The first-order valence-electron chi connectivity index (χ1n) is 7.21. The second-order valence-electron chi connectivity index (χ2n) is 5.09. The number of ketones is 1. The molecule has 24 heavy (non-hydrogen) atoms. The van der Waals surface area contributed by atoms with E-state index in [0.29, 0.717) is 5.56 Å². The predicted octanol–water partition coefficient (Wildman–Crippen LogP) is 1.96. The maximum Gasteiger partial charge on any atom is 0.210 e. The fourth-order valence-corrected chi connectivity index (χ4v) is 2.14. The molecule has 2 aromatic rings. The van der Waals surface area contributed by atoms with Crippen molar-refractivity contribution in [1.29, 1.82) is 0 Å². The smallest absolute Gasteiger partial charge is 0.210 e. The van der Waals surface area contributed by atoms with Crippen LogP contribution >= 0.6 is 0 Å². The first-order chi connectivity index (χ1) is 11.6. The summed E-state index contributed by atoms with van der Waals surface area (Å²) >= 11 is 0. The van der Waals surface area contributed by atoms with Crippen molar-refractivity contribution in [3.8, 4) is 5.75 Å². The minimum Gasteiger partial charge on any atom is -0.505 e. The van der Waals surface area contributed by atoms with Gasteiger partial charge in [0.2, 0.25) is 5.78 Å². The first-order valence-corrected chi connectivity index (χ1v) is 7.21. The molecule has 0 bridgehead atoms. The molecule has 0 atom stereocenters. The second kappa shape index (κ2) is 8.49. The normalized spacial score (nSPS) is 10.8. The lowest BCUT2D eigenvalue weighted by atomic mass is 10.1. The lowest BCUT2D eigenvalue weighted by Gasteiger charge is -2.12. The zero-order chi connectivity index (χ0) is 17.5. The summed E-state index contributed by atoms with van der Waals surface area (Å²) in [5.74, 6) is -1.18. The number of aliphatic hydroxyl groups is 1. The lowest BCUT2D eigenvalue weighted by Crippen LogP contribution is -2.12. The van der Waals surface area contributed by atoms with E-state index in [1.165, 1.54) is 25.4 Å². The number of Topliss-reactive ketones (excluding diaryl/α,β-unsaturated/α-hetero) is 1. The van der Waals surface area contributed by atoms with Gasteiger partial charge in [-0.15, -0.1) is 0 Å². The highest BCUT2D eigenvalue weighted by Crippen LogP contribution is 2.25. The third kappa shape index (κ3) is 4.35. The van der Waals surface area contributed by atoms with Gasteiger partial charge in [-0.25, -0.2) is 9.37 Å². The number of aromatic nitrogens is 1. The number of aliphatic hydroxyl groups excluding tert-OH is 1. The van der Waals surface area contributed by atoms with E-state index in [1.54, 1.807) is 12.1 Å². The Morgan fingerprint density at radius 2 is 1.96 bits per heavy atom. The SMILES string of the molecule is COCC(=O)c1ncc(COCc2ccc(F)cc2)c(CO)c1O. The Labute approximate surface area is 138 Å². The molecule has 2 N–H and O–H groups in total. The number of hydrogen-bond donors (Lipinski definition) is 2. The Hall–Kier alpha value is -2.35. The van der Waals surface area contributed by atoms with E-state index in [0.717, 1.165) is 5.56 Å². The molecule has 0 amide bonds. The highest BCUT2D eigenvalue weighted by molar-refractivity contribution is 5.98. The molecule has 0 spiro atoms. The van der Waals surface area contributed by atoms with Crippen LogP contribution in [-0.2, 0) is 29.3 Å². The molecule has 0 aliphatic rings. The van der Waals surface area contributed by atoms with E-state index < -0.39 is 12.4 Å². The summed E-state index contributed by atoms with van der Waals surface area (Å²) in [5, 5.41) is 19.6. The largest absolute Gasteiger partial charge is 0.505 e. The van der Waals surface area contributed by atoms with E-state index in [2.05, 4.69) is 4.98 Å². The van der Waals surface area contributed by atoms with Crippen molar-refractivity contribution < 1.29 is 28.9 Å². The van der Waals surface area contributed by atoms with Gasteiger partial charge in [0.25, 0.3) is 0 Å². The molecule has 0 radical (unpaired) electrons. The molecule has 6 nitrogen and oxygen atoms in total. The third-order valence-electron chi connectivity index (χ3n) is 3.38. The van der Waals surface area contributed by atoms with Gasteiger partial charge in [-0.3, -0.25) is 4.79 Å². The van der Waals surface area contributed by atoms with Crippen molar-refractivity contribution in [3.63, 3.8) is 0 Å². The lowest BCUT2D eigenvalue weighted by molar-refractivity contribution is 0.0838. The molecule has 1 aromatic carbocycles. The van der Waals surface area contributed by atoms with Crippen LogP contribution in [0.2, 0.25) is 0 Å². The molecular weight excluding hydrogens is 317 g/mol. The summed E-state index contributed by atoms with van der Waals surface area (Å²) in [6.45, 7) is -0.369. The van der Waals surface area contributed by atoms with Gasteiger partial charge in [0, 0.05) is 24.4 Å². The average Bonchev–Trinajstić information content (AvgIpc) is 2.57. The molecular formula is C17H18FNO5. The molecule has 128 valence electrons. The zero-order valence-corrected chi connectivity index (χ0v) is 13.2. The topological polar surface area (TPSA) is 88.9 Å². The van der Waals surface area contributed by atoms with Crippen LogP contribution < -0.4 is 0 Å². The molecule has 0 saturated heterocycles. The Bertz CT molecular complexity index is 703. The number of carbonyl (C=O) groups is 1. The average molecular weight is 335 g/mol. The monoisotopic (exact) mass is 335 g/mol. The number of rotatable bonds is 8. The highest BCUT2D eigenvalue weighted by atomic mass is 19.1. The van der Waals surface area contributed by atoms with Crippen molar-refractivity contribution in [3.05, 3.63) is 58.7 Å². The molecule has 2 rings (SSSR count). The summed E-state index contributed by atoms with van der Waals surface area (Å²) in [5.41, 5.74) is 1.28. The predicted molar refractivity (Wildman–Crippen MR) is 82.9 cm³/mol. The molecule has 0 aliphatic carbocycles. The van der Waals surface area contributed by atoms with E-state index in [1.807, 2.05) is 0 Å². The number of benzene rings is 1. The fourth-order valence-electron chi connectivity index (χ4n) is 2.14. The van der Waals surface area contributed by atoms with Crippen molar-refractivity contribution in [2.75, 3.05) is 13.7 Å². The number of carbonyl (C=O) groups excluding carboxylic acids is 1. The Kier molecular flexibility index (Phi) is 6.36. The standard InChI is InChI=1S/C17H18FNO5/c1-23-10-15(21)16-17(22)14(7-20)12(6-19-16)9-24-8-11-2-4-13(18)5-3-11/h2-6,20,22H,7-10H2,1H3. The van der Waals surface area contributed by atoms with Crippen molar-refractivity contribution >= 4 is 5.78 Å². The highest BCUT2D eigenvalue weighted by Gasteiger charge is 2.19. The summed E-state index contributed by atoms with van der Waals surface area (Å²) in [6, 6.07) is 5.87. The van der Waals surface area contributed by atoms with Crippen molar-refractivity contribution in [2.24, 2.45) is 0 Å². The zero-order valence-electron chi connectivity index (χ0n) is 13.2. The van der Waals surface area contributed by atoms with Crippen molar-refractivity contribution in [2.45, 2.75) is 19.8 Å². The Morgan fingerprint density at radius 3 is 2.58 bits per heavy atom. The number of pyridine rings is 1. The summed E-state index contributed by atoms with van der Waals surface area (Å²) < 4.78 is 23.1. The van der Waals surface area contributed by atoms with Crippen LogP contribution in [0, 0.1) is 5.82 Å². The molecule has 7 heteroatoms. The van der Waals surface area contributed by atoms with Crippen LogP contribution in [0.25, 0.3) is 0 Å². The molecule has 1 aromatic heterocycles. The summed E-state index contributed by atoms with van der Waals surface area (Å²) in [4.78, 5) is 15.7. The van der Waals surface area contributed by atoms with Crippen LogP contribution in [0.15, 0.2) is 30.5 Å².